The second-order valence-corrected chi connectivity index (χ2v) is 9.46. The number of rotatable bonds is 9. The van der Waals surface area contributed by atoms with Crippen molar-refractivity contribution < 1.29 is 19.1 Å². The third-order valence-electron chi connectivity index (χ3n) is 6.00. The maximum atomic E-state index is 12.8. The number of nitrogens with one attached hydrogen (secondary N) is 1. The molecule has 1 saturated heterocycles. The number of hydrogen-bond acceptors (Lipinski definition) is 6. The lowest BCUT2D eigenvalue weighted by Crippen LogP contribution is -2.46. The van der Waals surface area contributed by atoms with Crippen molar-refractivity contribution in [3.63, 3.8) is 0 Å². The van der Waals surface area contributed by atoms with Gasteiger partial charge in [0.25, 0.3) is 5.91 Å². The summed E-state index contributed by atoms with van der Waals surface area (Å²) in [7, 11) is 0. The van der Waals surface area contributed by atoms with E-state index in [4.69, 9.17) is 32.7 Å². The largest absolute Gasteiger partial charge is 0.482 e. The maximum Gasteiger partial charge on any atom is 0.338 e. The van der Waals surface area contributed by atoms with Gasteiger partial charge in [0.2, 0.25) is 0 Å². The van der Waals surface area contributed by atoms with E-state index in [1.165, 1.54) is 5.56 Å². The van der Waals surface area contributed by atoms with Crippen molar-refractivity contribution in [3.05, 3.63) is 87.9 Å². The Morgan fingerprint density at radius 2 is 1.70 bits per heavy atom. The summed E-state index contributed by atoms with van der Waals surface area (Å²) >= 11 is 12.1. The third-order valence-corrected chi connectivity index (χ3v) is 6.53. The Bertz CT molecular complexity index is 1230. The predicted octanol–water partition coefficient (Wildman–Crippen LogP) is 5.51. The Labute approximate surface area is 226 Å². The summed E-state index contributed by atoms with van der Waals surface area (Å²) in [6.07, 6.45) is 0. The van der Waals surface area contributed by atoms with E-state index in [2.05, 4.69) is 39.4 Å². The molecule has 0 atom stereocenters. The normalized spacial score (nSPS) is 13.8. The van der Waals surface area contributed by atoms with Gasteiger partial charge in [-0.05, 0) is 48.9 Å². The Kier molecular flexibility index (Phi) is 9.28. The van der Waals surface area contributed by atoms with Crippen LogP contribution in [0.15, 0.2) is 66.7 Å². The predicted molar refractivity (Wildman–Crippen MR) is 147 cm³/mol. The van der Waals surface area contributed by atoms with Crippen LogP contribution in [0.25, 0.3) is 0 Å². The second kappa shape index (κ2) is 12.8. The van der Waals surface area contributed by atoms with Crippen molar-refractivity contribution in [1.29, 1.82) is 0 Å². The van der Waals surface area contributed by atoms with Crippen LogP contribution >= 0.6 is 23.2 Å². The van der Waals surface area contributed by atoms with Crippen LogP contribution in [0.2, 0.25) is 10.0 Å². The minimum absolute atomic E-state index is 0.255. The SMILES string of the molecule is CCOC(=O)c1ccc(N2CCN(Cc3ccccc3)CC2)c(NC(=O)COc2ccc(Cl)cc2Cl)c1. The van der Waals surface area contributed by atoms with E-state index < -0.39 is 5.97 Å². The molecule has 0 aliphatic carbocycles. The molecular weight excluding hydrogens is 513 g/mol. The molecule has 1 aliphatic rings. The summed E-state index contributed by atoms with van der Waals surface area (Å²) in [5.41, 5.74) is 3.01. The molecule has 1 heterocycles. The van der Waals surface area contributed by atoms with Gasteiger partial charge in [-0.1, -0.05) is 53.5 Å². The molecule has 4 rings (SSSR count). The molecule has 0 radical (unpaired) electrons. The molecule has 0 unspecified atom stereocenters. The number of nitrogens with zero attached hydrogens (tertiary/aromatic N) is 2. The number of esters is 1. The third kappa shape index (κ3) is 7.38. The van der Waals surface area contributed by atoms with Gasteiger partial charge >= 0.3 is 5.97 Å². The van der Waals surface area contributed by atoms with Crippen molar-refractivity contribution in [2.45, 2.75) is 13.5 Å². The summed E-state index contributed by atoms with van der Waals surface area (Å²) in [6.45, 7) is 5.97. The van der Waals surface area contributed by atoms with Gasteiger partial charge in [-0.2, -0.15) is 0 Å². The molecule has 3 aromatic rings. The number of carbonyl (C=O) groups excluding carboxylic acids is 2. The first-order valence-electron chi connectivity index (χ1n) is 12.1. The van der Waals surface area contributed by atoms with Crippen molar-refractivity contribution in [2.75, 3.05) is 49.6 Å². The second-order valence-electron chi connectivity index (χ2n) is 8.61. The Balaban J connectivity index is 1.45. The zero-order chi connectivity index (χ0) is 26.2. The fourth-order valence-corrected chi connectivity index (χ4v) is 4.63. The van der Waals surface area contributed by atoms with Gasteiger partial charge in [0.1, 0.15) is 5.75 Å². The number of carbonyl (C=O) groups is 2. The van der Waals surface area contributed by atoms with Gasteiger partial charge in [-0.15, -0.1) is 0 Å². The minimum Gasteiger partial charge on any atom is -0.482 e. The van der Waals surface area contributed by atoms with Gasteiger partial charge in [0.15, 0.2) is 6.61 Å². The lowest BCUT2D eigenvalue weighted by Gasteiger charge is -2.37. The van der Waals surface area contributed by atoms with Gasteiger partial charge in [-0.25, -0.2) is 4.79 Å². The first-order chi connectivity index (χ1) is 17.9. The zero-order valence-electron chi connectivity index (χ0n) is 20.6. The summed E-state index contributed by atoms with van der Waals surface area (Å²) in [6, 6.07) is 20.4. The van der Waals surface area contributed by atoms with Crippen molar-refractivity contribution in [3.8, 4) is 5.75 Å². The number of anilines is 2. The van der Waals surface area contributed by atoms with Crippen LogP contribution in [0.3, 0.4) is 0 Å². The molecule has 7 nitrogen and oxygen atoms in total. The quantitative estimate of drug-likeness (QED) is 0.360. The molecule has 194 valence electrons. The van der Waals surface area contributed by atoms with E-state index in [0.717, 1.165) is 38.4 Å². The highest BCUT2D eigenvalue weighted by Crippen LogP contribution is 2.30. The number of piperazine rings is 1. The van der Waals surface area contributed by atoms with Crippen molar-refractivity contribution in [1.82, 2.24) is 4.90 Å². The highest BCUT2D eigenvalue weighted by atomic mass is 35.5. The molecule has 1 N–H and O–H groups in total. The van der Waals surface area contributed by atoms with E-state index in [1.54, 1.807) is 37.3 Å². The van der Waals surface area contributed by atoms with Crippen LogP contribution in [0, 0.1) is 0 Å². The zero-order valence-corrected chi connectivity index (χ0v) is 22.1. The summed E-state index contributed by atoms with van der Waals surface area (Å²) in [5.74, 6) is -0.464. The summed E-state index contributed by atoms with van der Waals surface area (Å²) in [5, 5.41) is 3.70. The fourth-order valence-electron chi connectivity index (χ4n) is 4.16. The molecule has 1 fully saturated rings. The lowest BCUT2D eigenvalue weighted by atomic mass is 10.1. The number of ether oxygens (including phenoxy) is 2. The average molecular weight is 542 g/mol. The Morgan fingerprint density at radius 3 is 2.41 bits per heavy atom. The molecule has 0 saturated carbocycles. The Hall–Kier alpha value is -3.26. The summed E-state index contributed by atoms with van der Waals surface area (Å²) in [4.78, 5) is 29.8. The molecule has 1 amide bonds. The summed E-state index contributed by atoms with van der Waals surface area (Å²) < 4.78 is 10.7. The van der Waals surface area contributed by atoms with Crippen LogP contribution in [0.5, 0.6) is 5.75 Å². The molecular formula is C28H29Cl2N3O4. The molecule has 0 bridgehead atoms. The van der Waals surface area contributed by atoms with Crippen LogP contribution in [-0.2, 0) is 16.1 Å². The van der Waals surface area contributed by atoms with E-state index in [-0.39, 0.29) is 19.1 Å². The van der Waals surface area contributed by atoms with Gasteiger partial charge in [-0.3, -0.25) is 9.69 Å². The van der Waals surface area contributed by atoms with Gasteiger partial charge in [0, 0.05) is 37.7 Å². The van der Waals surface area contributed by atoms with Gasteiger partial charge < -0.3 is 19.7 Å². The van der Waals surface area contributed by atoms with E-state index in [0.29, 0.717) is 27.0 Å². The lowest BCUT2D eigenvalue weighted by molar-refractivity contribution is -0.118. The van der Waals surface area contributed by atoms with Crippen LogP contribution in [0.1, 0.15) is 22.8 Å². The first kappa shape index (κ1) is 26.8. The van der Waals surface area contributed by atoms with Crippen LogP contribution < -0.4 is 15.0 Å². The topological polar surface area (TPSA) is 71.1 Å². The van der Waals surface area contributed by atoms with Crippen LogP contribution in [-0.4, -0.2) is 56.2 Å². The molecule has 37 heavy (non-hydrogen) atoms. The van der Waals surface area contributed by atoms with Crippen molar-refractivity contribution in [2.24, 2.45) is 0 Å². The molecule has 0 spiro atoms. The number of halogens is 2. The van der Waals surface area contributed by atoms with Gasteiger partial charge in [0.05, 0.1) is 28.6 Å². The standard InChI is InChI=1S/C28H29Cl2N3O4/c1-2-36-28(35)21-8-10-25(33-14-12-32(13-15-33)18-20-6-4-3-5-7-20)24(16-21)31-27(34)19-37-26-11-9-22(29)17-23(26)30/h3-11,16-17H,2,12-15,18-19H2,1H3,(H,31,34). The highest BCUT2D eigenvalue weighted by molar-refractivity contribution is 6.35. The minimum atomic E-state index is -0.443. The van der Waals surface area contributed by atoms with E-state index >= 15 is 0 Å². The molecule has 1 aliphatic heterocycles. The maximum absolute atomic E-state index is 12.8. The monoisotopic (exact) mass is 541 g/mol. The highest BCUT2D eigenvalue weighted by Gasteiger charge is 2.22. The smallest absolute Gasteiger partial charge is 0.338 e. The Morgan fingerprint density at radius 1 is 0.946 bits per heavy atom. The number of hydrogen-bond donors (Lipinski definition) is 1. The number of amides is 1. The number of benzene rings is 3. The van der Waals surface area contributed by atoms with E-state index in [9.17, 15) is 9.59 Å². The van der Waals surface area contributed by atoms with Crippen LogP contribution in [0.4, 0.5) is 11.4 Å². The molecule has 3 aromatic carbocycles. The molecule has 0 aromatic heterocycles. The molecule has 9 heteroatoms. The fraction of sp³-hybridized carbons (Fsp3) is 0.286. The van der Waals surface area contributed by atoms with Crippen molar-refractivity contribution >= 4 is 46.5 Å². The van der Waals surface area contributed by atoms with E-state index in [1.807, 2.05) is 12.1 Å². The first-order valence-corrected chi connectivity index (χ1v) is 12.9. The average Bonchev–Trinajstić information content (AvgIpc) is 2.89.